The Hall–Kier alpha value is -1.16. The zero-order valence-corrected chi connectivity index (χ0v) is 10.4. The van der Waals surface area contributed by atoms with Crippen LogP contribution < -0.4 is 10.6 Å². The van der Waals surface area contributed by atoms with E-state index in [2.05, 4.69) is 21.2 Å². The van der Waals surface area contributed by atoms with Gasteiger partial charge in [-0.15, -0.1) is 5.10 Å². The summed E-state index contributed by atoms with van der Waals surface area (Å²) < 4.78 is 0. The smallest absolute Gasteiger partial charge is 0.151 e. The quantitative estimate of drug-likeness (QED) is 0.846. The first-order valence-corrected chi connectivity index (χ1v) is 6.66. The van der Waals surface area contributed by atoms with Crippen molar-refractivity contribution in [2.75, 3.05) is 18.0 Å². The Bertz CT molecular complexity index is 308. The van der Waals surface area contributed by atoms with E-state index in [1.165, 1.54) is 32.1 Å². The number of nitrogens with zero attached hydrogens (tertiary/aromatic N) is 3. The van der Waals surface area contributed by atoms with Gasteiger partial charge in [0.05, 0.1) is 0 Å². The Balaban J connectivity index is 2.06. The highest BCUT2D eigenvalue weighted by Crippen LogP contribution is 2.25. The molecule has 4 heteroatoms. The van der Waals surface area contributed by atoms with Crippen molar-refractivity contribution >= 4 is 5.82 Å². The van der Waals surface area contributed by atoms with Crippen LogP contribution >= 0.6 is 0 Å². The van der Waals surface area contributed by atoms with Gasteiger partial charge in [-0.1, -0.05) is 19.3 Å². The second-order valence-corrected chi connectivity index (χ2v) is 4.71. The molecule has 2 rings (SSSR count). The normalized spacial score (nSPS) is 17.0. The van der Waals surface area contributed by atoms with Crippen LogP contribution in [0.25, 0.3) is 0 Å². The Morgan fingerprint density at radius 2 is 2.12 bits per heavy atom. The highest BCUT2D eigenvalue weighted by atomic mass is 15.3. The fourth-order valence-electron chi connectivity index (χ4n) is 2.59. The summed E-state index contributed by atoms with van der Waals surface area (Å²) >= 11 is 0. The Kier molecular flexibility index (Phi) is 4.74. The molecule has 17 heavy (non-hydrogen) atoms. The van der Waals surface area contributed by atoms with E-state index in [-0.39, 0.29) is 0 Å². The molecule has 1 aliphatic rings. The van der Waals surface area contributed by atoms with E-state index in [0.717, 1.165) is 25.3 Å². The third-order valence-electron chi connectivity index (χ3n) is 3.47. The minimum atomic E-state index is 0.631. The van der Waals surface area contributed by atoms with Crippen LogP contribution in [0.1, 0.15) is 38.5 Å². The lowest BCUT2D eigenvalue weighted by Crippen LogP contribution is -2.38. The van der Waals surface area contributed by atoms with E-state index >= 15 is 0 Å². The van der Waals surface area contributed by atoms with Crippen molar-refractivity contribution in [3.63, 3.8) is 0 Å². The minimum Gasteiger partial charge on any atom is -0.352 e. The van der Waals surface area contributed by atoms with Crippen molar-refractivity contribution in [3.8, 4) is 0 Å². The largest absolute Gasteiger partial charge is 0.352 e. The van der Waals surface area contributed by atoms with Crippen molar-refractivity contribution in [2.45, 2.75) is 44.6 Å². The summed E-state index contributed by atoms with van der Waals surface area (Å²) in [5.74, 6) is 1.01. The van der Waals surface area contributed by atoms with E-state index in [9.17, 15) is 0 Å². The van der Waals surface area contributed by atoms with E-state index in [1.54, 1.807) is 6.20 Å². The molecule has 0 bridgehead atoms. The fourth-order valence-corrected chi connectivity index (χ4v) is 2.59. The van der Waals surface area contributed by atoms with Gasteiger partial charge in [-0.25, -0.2) is 0 Å². The Morgan fingerprint density at radius 1 is 1.29 bits per heavy atom. The average molecular weight is 234 g/mol. The van der Waals surface area contributed by atoms with Gasteiger partial charge in [-0.2, -0.15) is 5.10 Å². The van der Waals surface area contributed by atoms with Crippen LogP contribution in [0.2, 0.25) is 0 Å². The molecule has 0 spiro atoms. The summed E-state index contributed by atoms with van der Waals surface area (Å²) in [6.07, 6.45) is 9.36. The lowest BCUT2D eigenvalue weighted by atomic mass is 9.94. The average Bonchev–Trinajstić information content (AvgIpc) is 2.42. The van der Waals surface area contributed by atoms with E-state index in [1.807, 2.05) is 6.07 Å². The second kappa shape index (κ2) is 6.55. The van der Waals surface area contributed by atoms with Crippen molar-refractivity contribution in [1.29, 1.82) is 0 Å². The first kappa shape index (κ1) is 12.3. The zero-order chi connectivity index (χ0) is 11.9. The predicted molar refractivity (Wildman–Crippen MR) is 69.9 cm³/mol. The fraction of sp³-hybridized carbons (Fsp3) is 0.692. The molecular formula is C13H22N4. The first-order valence-electron chi connectivity index (χ1n) is 6.66. The van der Waals surface area contributed by atoms with Crippen molar-refractivity contribution in [3.05, 3.63) is 18.3 Å². The molecule has 1 heterocycles. The van der Waals surface area contributed by atoms with Crippen molar-refractivity contribution < 1.29 is 0 Å². The topological polar surface area (TPSA) is 55.0 Å². The monoisotopic (exact) mass is 234 g/mol. The first-order chi connectivity index (χ1) is 8.42. The summed E-state index contributed by atoms with van der Waals surface area (Å²) in [5, 5.41) is 8.23. The summed E-state index contributed by atoms with van der Waals surface area (Å²) in [7, 11) is 0. The standard InChI is InChI=1S/C13H22N4/c14-9-5-11-17(12-6-2-1-3-7-12)13-8-4-10-15-16-13/h4,8,10,12H,1-3,5-7,9,11,14H2. The van der Waals surface area contributed by atoms with Crippen LogP contribution in [0, 0.1) is 0 Å². The molecule has 1 aromatic rings. The molecule has 94 valence electrons. The van der Waals surface area contributed by atoms with Gasteiger partial charge in [-0.05, 0) is 37.9 Å². The second-order valence-electron chi connectivity index (χ2n) is 4.71. The molecule has 0 saturated heterocycles. The summed E-state index contributed by atoms with van der Waals surface area (Å²) in [4.78, 5) is 2.40. The van der Waals surface area contributed by atoms with Crippen LogP contribution in [-0.2, 0) is 0 Å². The molecule has 2 N–H and O–H groups in total. The Labute approximate surface area is 103 Å². The van der Waals surface area contributed by atoms with Gasteiger partial charge < -0.3 is 10.6 Å². The van der Waals surface area contributed by atoms with Gasteiger partial charge in [0.15, 0.2) is 5.82 Å². The molecule has 0 radical (unpaired) electrons. The number of rotatable bonds is 5. The van der Waals surface area contributed by atoms with Gasteiger partial charge >= 0.3 is 0 Å². The summed E-state index contributed by atoms with van der Waals surface area (Å²) in [5.41, 5.74) is 5.62. The highest BCUT2D eigenvalue weighted by Gasteiger charge is 2.21. The molecule has 0 amide bonds. The van der Waals surface area contributed by atoms with Crippen molar-refractivity contribution in [1.82, 2.24) is 10.2 Å². The molecule has 1 saturated carbocycles. The van der Waals surface area contributed by atoms with Gasteiger partial charge in [0, 0.05) is 18.8 Å². The highest BCUT2D eigenvalue weighted by molar-refractivity contribution is 5.37. The maximum absolute atomic E-state index is 5.62. The molecule has 1 aromatic heterocycles. The number of hydrogen-bond donors (Lipinski definition) is 1. The maximum atomic E-state index is 5.62. The predicted octanol–water partition coefficient (Wildman–Crippen LogP) is 1.96. The molecule has 0 aliphatic heterocycles. The lowest BCUT2D eigenvalue weighted by molar-refractivity contribution is 0.410. The van der Waals surface area contributed by atoms with Crippen LogP contribution in [-0.4, -0.2) is 29.3 Å². The third-order valence-corrected chi connectivity index (χ3v) is 3.47. The molecule has 4 nitrogen and oxygen atoms in total. The molecular weight excluding hydrogens is 212 g/mol. The third kappa shape index (κ3) is 3.40. The van der Waals surface area contributed by atoms with E-state index in [0.29, 0.717) is 6.04 Å². The number of nitrogens with two attached hydrogens (primary N) is 1. The molecule has 0 unspecified atom stereocenters. The molecule has 1 aliphatic carbocycles. The van der Waals surface area contributed by atoms with Gasteiger partial charge in [0.1, 0.15) is 0 Å². The van der Waals surface area contributed by atoms with Gasteiger partial charge in [0.25, 0.3) is 0 Å². The minimum absolute atomic E-state index is 0.631. The Morgan fingerprint density at radius 3 is 2.76 bits per heavy atom. The maximum Gasteiger partial charge on any atom is 0.151 e. The van der Waals surface area contributed by atoms with Crippen LogP contribution in [0.15, 0.2) is 18.3 Å². The molecule has 0 atom stereocenters. The van der Waals surface area contributed by atoms with E-state index in [4.69, 9.17) is 5.73 Å². The van der Waals surface area contributed by atoms with Gasteiger partial charge in [0.2, 0.25) is 0 Å². The van der Waals surface area contributed by atoms with Gasteiger partial charge in [-0.3, -0.25) is 0 Å². The van der Waals surface area contributed by atoms with Crippen molar-refractivity contribution in [2.24, 2.45) is 5.73 Å². The number of anilines is 1. The zero-order valence-electron chi connectivity index (χ0n) is 10.4. The van der Waals surface area contributed by atoms with E-state index < -0.39 is 0 Å². The summed E-state index contributed by atoms with van der Waals surface area (Å²) in [6.45, 7) is 1.74. The number of hydrogen-bond acceptors (Lipinski definition) is 4. The number of aromatic nitrogens is 2. The molecule has 0 aromatic carbocycles. The van der Waals surface area contributed by atoms with Crippen LogP contribution in [0.4, 0.5) is 5.82 Å². The van der Waals surface area contributed by atoms with Crippen LogP contribution in [0.3, 0.4) is 0 Å². The summed E-state index contributed by atoms with van der Waals surface area (Å²) in [6, 6.07) is 4.64. The van der Waals surface area contributed by atoms with Crippen LogP contribution in [0.5, 0.6) is 0 Å². The molecule has 1 fully saturated rings. The lowest BCUT2D eigenvalue weighted by Gasteiger charge is -2.35. The SMILES string of the molecule is NCCCN(c1cccnn1)C1CCCCC1.